The number of thiophene rings is 1. The van der Waals surface area contributed by atoms with Crippen molar-refractivity contribution in [3.63, 3.8) is 0 Å². The largest absolute Gasteiger partial charge is 0.484 e. The van der Waals surface area contributed by atoms with Gasteiger partial charge >= 0.3 is 0 Å². The van der Waals surface area contributed by atoms with E-state index in [-0.39, 0.29) is 6.10 Å². The molecule has 0 saturated carbocycles. The van der Waals surface area contributed by atoms with Crippen molar-refractivity contribution in [3.05, 3.63) is 51.7 Å². The van der Waals surface area contributed by atoms with Crippen molar-refractivity contribution in [2.24, 2.45) is 5.73 Å². The fraction of sp³-hybridized carbons (Fsp3) is 0.375. The maximum Gasteiger partial charge on any atom is 0.145 e. The van der Waals surface area contributed by atoms with Gasteiger partial charge in [-0.1, -0.05) is 25.5 Å². The molecule has 1 heterocycles. The molecule has 1 aromatic carbocycles. The van der Waals surface area contributed by atoms with Crippen LogP contribution in [-0.4, -0.2) is 6.54 Å². The molecule has 1 aromatic heterocycles. The summed E-state index contributed by atoms with van der Waals surface area (Å²) in [4.78, 5) is 1.22. The van der Waals surface area contributed by atoms with Gasteiger partial charge < -0.3 is 10.5 Å². The van der Waals surface area contributed by atoms with E-state index in [1.165, 1.54) is 22.4 Å². The molecule has 0 bridgehead atoms. The molecule has 19 heavy (non-hydrogen) atoms. The first-order valence-electron chi connectivity index (χ1n) is 6.74. The number of nitrogens with two attached hydrogens (primary N) is 1. The topological polar surface area (TPSA) is 35.2 Å². The number of hydrogen-bond acceptors (Lipinski definition) is 3. The normalized spacial score (nSPS) is 12.4. The minimum absolute atomic E-state index is 0.0444. The second-order valence-electron chi connectivity index (χ2n) is 4.70. The zero-order valence-corrected chi connectivity index (χ0v) is 12.4. The van der Waals surface area contributed by atoms with Gasteiger partial charge in [0, 0.05) is 11.4 Å². The van der Waals surface area contributed by atoms with Crippen LogP contribution in [0.3, 0.4) is 0 Å². The summed E-state index contributed by atoms with van der Waals surface area (Å²) in [5.74, 6) is 0.892. The average Bonchev–Trinajstić information content (AvgIpc) is 2.84. The van der Waals surface area contributed by atoms with Crippen LogP contribution in [0.5, 0.6) is 5.75 Å². The molecule has 1 atom stereocenters. The highest BCUT2D eigenvalue weighted by Crippen LogP contribution is 2.28. The molecule has 0 saturated heterocycles. The summed E-state index contributed by atoms with van der Waals surface area (Å²) in [7, 11) is 0. The quantitative estimate of drug-likeness (QED) is 0.862. The van der Waals surface area contributed by atoms with Gasteiger partial charge in [0.25, 0.3) is 0 Å². The van der Waals surface area contributed by atoms with Crippen molar-refractivity contribution in [2.45, 2.75) is 32.8 Å². The van der Waals surface area contributed by atoms with Gasteiger partial charge in [0.1, 0.15) is 11.9 Å². The van der Waals surface area contributed by atoms with Gasteiger partial charge in [0.05, 0.1) is 0 Å². The predicted molar refractivity (Wildman–Crippen MR) is 81.9 cm³/mol. The van der Waals surface area contributed by atoms with Crippen LogP contribution < -0.4 is 10.5 Å². The van der Waals surface area contributed by atoms with E-state index in [2.05, 4.69) is 37.4 Å². The first-order valence-corrected chi connectivity index (χ1v) is 7.62. The highest BCUT2D eigenvalue weighted by atomic mass is 32.1. The van der Waals surface area contributed by atoms with E-state index < -0.39 is 0 Å². The third-order valence-electron chi connectivity index (χ3n) is 3.15. The van der Waals surface area contributed by atoms with Gasteiger partial charge in [-0.3, -0.25) is 0 Å². The molecule has 0 aliphatic carbocycles. The van der Waals surface area contributed by atoms with Crippen LogP contribution in [0.4, 0.5) is 0 Å². The highest BCUT2D eigenvalue weighted by molar-refractivity contribution is 7.10. The second kappa shape index (κ2) is 6.73. The Kier molecular flexibility index (Phi) is 5.00. The van der Waals surface area contributed by atoms with E-state index >= 15 is 0 Å². The summed E-state index contributed by atoms with van der Waals surface area (Å²) in [5.41, 5.74) is 8.45. The molecule has 0 amide bonds. The third-order valence-corrected chi connectivity index (χ3v) is 4.26. The molecule has 2 nitrogen and oxygen atoms in total. The monoisotopic (exact) mass is 275 g/mol. The molecule has 0 aliphatic heterocycles. The van der Waals surface area contributed by atoms with Crippen LogP contribution in [0, 0.1) is 6.92 Å². The second-order valence-corrected chi connectivity index (χ2v) is 5.65. The van der Waals surface area contributed by atoms with E-state index in [0.717, 1.165) is 12.2 Å². The molecule has 0 radical (unpaired) electrons. The minimum Gasteiger partial charge on any atom is -0.484 e. The van der Waals surface area contributed by atoms with Crippen LogP contribution in [-0.2, 0) is 6.42 Å². The van der Waals surface area contributed by atoms with Crippen LogP contribution in [0.2, 0.25) is 0 Å². The van der Waals surface area contributed by atoms with E-state index in [4.69, 9.17) is 10.5 Å². The highest BCUT2D eigenvalue weighted by Gasteiger charge is 2.15. The smallest absolute Gasteiger partial charge is 0.145 e. The Morgan fingerprint density at radius 1 is 1.21 bits per heavy atom. The lowest BCUT2D eigenvalue weighted by Crippen LogP contribution is -2.18. The van der Waals surface area contributed by atoms with Crippen LogP contribution >= 0.6 is 11.3 Å². The van der Waals surface area contributed by atoms with E-state index in [1.54, 1.807) is 11.3 Å². The Balaban J connectivity index is 2.08. The summed E-state index contributed by atoms with van der Waals surface area (Å²) in [6, 6.07) is 10.4. The predicted octanol–water partition coefficient (Wildman–Crippen LogP) is 4.09. The zero-order chi connectivity index (χ0) is 13.7. The molecule has 2 aromatic rings. The maximum absolute atomic E-state index is 6.01. The standard InChI is InChI=1S/C16H21NOS/c1-3-4-13-5-7-14(8-6-13)18-15(11-17)16-12(2)9-10-19-16/h5-10,15H,3-4,11,17H2,1-2H3. The summed E-state index contributed by atoms with van der Waals surface area (Å²) in [5, 5.41) is 2.08. The van der Waals surface area contributed by atoms with E-state index in [9.17, 15) is 0 Å². The first kappa shape index (κ1) is 14.1. The molecule has 102 valence electrons. The van der Waals surface area contributed by atoms with Crippen molar-refractivity contribution in [1.29, 1.82) is 0 Å². The summed E-state index contributed by atoms with van der Waals surface area (Å²) in [6.07, 6.45) is 2.24. The number of hydrogen-bond donors (Lipinski definition) is 1. The number of benzene rings is 1. The van der Waals surface area contributed by atoms with Crippen LogP contribution in [0.15, 0.2) is 35.7 Å². The van der Waals surface area contributed by atoms with Gasteiger partial charge in [0.2, 0.25) is 0 Å². The maximum atomic E-state index is 6.01. The van der Waals surface area contributed by atoms with Gasteiger partial charge in [-0.2, -0.15) is 0 Å². The fourth-order valence-electron chi connectivity index (χ4n) is 2.11. The molecule has 0 aliphatic rings. The SMILES string of the molecule is CCCc1ccc(OC(CN)c2sccc2C)cc1. The Bertz CT molecular complexity index is 504. The minimum atomic E-state index is -0.0444. The molecule has 2 N–H and O–H groups in total. The molecular formula is C16H21NOS. The third kappa shape index (κ3) is 3.58. The summed E-state index contributed by atoms with van der Waals surface area (Å²) in [6.45, 7) is 4.79. The Hall–Kier alpha value is -1.32. The fourth-order valence-corrected chi connectivity index (χ4v) is 3.08. The molecule has 0 fully saturated rings. The number of aryl methyl sites for hydroxylation is 2. The Morgan fingerprint density at radius 2 is 1.95 bits per heavy atom. The first-order chi connectivity index (χ1) is 9.24. The number of rotatable bonds is 6. The van der Waals surface area contributed by atoms with Crippen LogP contribution in [0.1, 0.15) is 35.5 Å². The molecule has 0 spiro atoms. The lowest BCUT2D eigenvalue weighted by Gasteiger charge is -2.17. The van der Waals surface area contributed by atoms with Gasteiger partial charge in [0.15, 0.2) is 0 Å². The van der Waals surface area contributed by atoms with Gasteiger partial charge in [-0.25, -0.2) is 0 Å². The summed E-state index contributed by atoms with van der Waals surface area (Å²) >= 11 is 1.71. The van der Waals surface area contributed by atoms with Gasteiger partial charge in [-0.05, 0) is 48.1 Å². The zero-order valence-electron chi connectivity index (χ0n) is 11.6. The van der Waals surface area contributed by atoms with Crippen molar-refractivity contribution in [1.82, 2.24) is 0 Å². The van der Waals surface area contributed by atoms with Crippen LogP contribution in [0.25, 0.3) is 0 Å². The van der Waals surface area contributed by atoms with Crippen molar-refractivity contribution >= 4 is 11.3 Å². The molecular weight excluding hydrogens is 254 g/mol. The Morgan fingerprint density at radius 3 is 2.47 bits per heavy atom. The van der Waals surface area contributed by atoms with Crippen molar-refractivity contribution in [3.8, 4) is 5.75 Å². The molecule has 1 unspecified atom stereocenters. The number of ether oxygens (including phenoxy) is 1. The van der Waals surface area contributed by atoms with Crippen molar-refractivity contribution in [2.75, 3.05) is 6.54 Å². The summed E-state index contributed by atoms with van der Waals surface area (Å²) < 4.78 is 6.01. The average molecular weight is 275 g/mol. The van der Waals surface area contributed by atoms with Crippen molar-refractivity contribution < 1.29 is 4.74 Å². The van der Waals surface area contributed by atoms with Gasteiger partial charge in [-0.15, -0.1) is 11.3 Å². The molecule has 2 rings (SSSR count). The molecule has 3 heteroatoms. The van der Waals surface area contributed by atoms with E-state index in [1.807, 2.05) is 12.1 Å². The Labute approximate surface area is 119 Å². The van der Waals surface area contributed by atoms with E-state index in [0.29, 0.717) is 6.54 Å². The lowest BCUT2D eigenvalue weighted by molar-refractivity contribution is 0.217. The lowest BCUT2D eigenvalue weighted by atomic mass is 10.1.